The molecule has 0 aromatic carbocycles. The molecule has 0 saturated heterocycles. The maximum Gasteiger partial charge on any atom is 0.264 e. The lowest BCUT2D eigenvalue weighted by Gasteiger charge is -1.98. The summed E-state index contributed by atoms with van der Waals surface area (Å²) >= 11 is 0. The van der Waals surface area contributed by atoms with Gasteiger partial charge in [0.1, 0.15) is 0 Å². The molecule has 68 valence electrons. The third-order valence-corrected chi connectivity index (χ3v) is 1.93. The molecule has 5 heteroatoms. The lowest BCUT2D eigenvalue weighted by atomic mass is 10.3. The third kappa shape index (κ3) is 3.54. The zero-order valence-electron chi connectivity index (χ0n) is 6.78. The number of aromatic nitrogens is 1. The molecule has 0 radical (unpaired) electrons. The average Bonchev–Trinajstić information content (AvgIpc) is 2.36. The molecule has 1 heterocycles. The van der Waals surface area contributed by atoms with E-state index in [1.807, 2.05) is 12.1 Å². The van der Waals surface area contributed by atoms with Crippen molar-refractivity contribution in [1.82, 2.24) is 4.98 Å². The fourth-order valence-corrected chi connectivity index (χ4v) is 1.21. The second-order valence-corrected chi connectivity index (χ2v) is 4.12. The Labute approximate surface area is 71.7 Å². The van der Waals surface area contributed by atoms with Crippen molar-refractivity contribution >= 4 is 10.1 Å². The summed E-state index contributed by atoms with van der Waals surface area (Å²) < 4.78 is 25.6. The summed E-state index contributed by atoms with van der Waals surface area (Å²) in [5.74, 6) is 0. The van der Waals surface area contributed by atoms with Crippen LogP contribution in [0.25, 0.3) is 0 Å². The molecule has 0 spiro atoms. The Morgan fingerprint density at radius 1 is 1.58 bits per heavy atom. The summed E-state index contributed by atoms with van der Waals surface area (Å²) in [6, 6.07) is 3.74. The summed E-state index contributed by atoms with van der Waals surface area (Å²) in [6.07, 6.45) is 3.41. The Morgan fingerprint density at radius 3 is 2.83 bits per heavy atom. The van der Waals surface area contributed by atoms with Crippen LogP contribution >= 0.6 is 0 Å². The van der Waals surface area contributed by atoms with E-state index in [4.69, 9.17) is 0 Å². The molecule has 1 aromatic rings. The molecule has 0 saturated carbocycles. The molecule has 0 aliphatic carbocycles. The Kier molecular flexibility index (Phi) is 2.88. The van der Waals surface area contributed by atoms with Crippen molar-refractivity contribution in [1.29, 1.82) is 0 Å². The highest BCUT2D eigenvalue weighted by Crippen LogP contribution is 1.97. The summed E-state index contributed by atoms with van der Waals surface area (Å²) in [6.45, 7) is 0.194. The van der Waals surface area contributed by atoms with Gasteiger partial charge in [-0.05, 0) is 12.1 Å². The maximum atomic E-state index is 10.5. The van der Waals surface area contributed by atoms with Gasteiger partial charge >= 0.3 is 0 Å². The van der Waals surface area contributed by atoms with E-state index in [0.29, 0.717) is 6.42 Å². The standard InChI is InChI=1S/C7H11NO3S/c1-12(9,10)11-6-4-7-3-2-5-8-7/h2-3,5,8H,4,6H2,1H3. The van der Waals surface area contributed by atoms with Crippen molar-refractivity contribution in [2.75, 3.05) is 12.9 Å². The number of rotatable bonds is 4. The van der Waals surface area contributed by atoms with Crippen LogP contribution in [0.3, 0.4) is 0 Å². The van der Waals surface area contributed by atoms with Crippen LogP contribution in [0, 0.1) is 0 Å². The van der Waals surface area contributed by atoms with Gasteiger partial charge in [-0.2, -0.15) is 8.42 Å². The smallest absolute Gasteiger partial charge is 0.264 e. The number of H-pyrrole nitrogens is 1. The van der Waals surface area contributed by atoms with Gasteiger partial charge in [-0.1, -0.05) is 0 Å². The van der Waals surface area contributed by atoms with Crippen LogP contribution in [0.4, 0.5) is 0 Å². The van der Waals surface area contributed by atoms with Gasteiger partial charge in [-0.3, -0.25) is 4.18 Å². The molecule has 1 aromatic heterocycles. The summed E-state index contributed by atoms with van der Waals surface area (Å²) in [7, 11) is -3.29. The van der Waals surface area contributed by atoms with Crippen LogP contribution in [0.2, 0.25) is 0 Å². The van der Waals surface area contributed by atoms with Crippen molar-refractivity contribution in [2.45, 2.75) is 6.42 Å². The van der Waals surface area contributed by atoms with Gasteiger partial charge in [0.2, 0.25) is 0 Å². The van der Waals surface area contributed by atoms with Crippen LogP contribution in [0.15, 0.2) is 18.3 Å². The van der Waals surface area contributed by atoms with Crippen LogP contribution in [-0.4, -0.2) is 26.3 Å². The maximum absolute atomic E-state index is 10.5. The van der Waals surface area contributed by atoms with E-state index >= 15 is 0 Å². The average molecular weight is 189 g/mol. The lowest BCUT2D eigenvalue weighted by molar-refractivity contribution is 0.325. The minimum Gasteiger partial charge on any atom is -0.365 e. The number of nitrogens with one attached hydrogen (secondary N) is 1. The van der Waals surface area contributed by atoms with E-state index in [9.17, 15) is 8.42 Å². The van der Waals surface area contributed by atoms with E-state index in [1.54, 1.807) is 6.20 Å². The van der Waals surface area contributed by atoms with E-state index in [-0.39, 0.29) is 6.61 Å². The monoisotopic (exact) mass is 189 g/mol. The molecule has 0 amide bonds. The minimum absolute atomic E-state index is 0.194. The highest BCUT2D eigenvalue weighted by atomic mass is 32.2. The van der Waals surface area contributed by atoms with Crippen LogP contribution < -0.4 is 0 Å². The first-order chi connectivity index (χ1) is 5.58. The van der Waals surface area contributed by atoms with Gasteiger partial charge in [0.15, 0.2) is 0 Å². The van der Waals surface area contributed by atoms with Gasteiger partial charge in [0.05, 0.1) is 12.9 Å². The van der Waals surface area contributed by atoms with Crippen LogP contribution in [-0.2, 0) is 20.7 Å². The van der Waals surface area contributed by atoms with Gasteiger partial charge < -0.3 is 4.98 Å². The normalized spacial score (nSPS) is 11.8. The van der Waals surface area contributed by atoms with Crippen LogP contribution in [0.5, 0.6) is 0 Å². The Morgan fingerprint density at radius 2 is 2.33 bits per heavy atom. The molecule has 1 N–H and O–H groups in total. The minimum atomic E-state index is -3.29. The quantitative estimate of drug-likeness (QED) is 0.703. The highest BCUT2D eigenvalue weighted by Gasteiger charge is 2.01. The topological polar surface area (TPSA) is 59.2 Å². The molecule has 4 nitrogen and oxygen atoms in total. The van der Waals surface area contributed by atoms with Gasteiger partial charge in [0.25, 0.3) is 10.1 Å². The van der Waals surface area contributed by atoms with Crippen molar-refractivity contribution in [2.24, 2.45) is 0 Å². The van der Waals surface area contributed by atoms with E-state index in [1.165, 1.54) is 0 Å². The second kappa shape index (κ2) is 3.73. The first-order valence-corrected chi connectivity index (χ1v) is 5.36. The van der Waals surface area contributed by atoms with E-state index < -0.39 is 10.1 Å². The van der Waals surface area contributed by atoms with E-state index in [0.717, 1.165) is 11.9 Å². The van der Waals surface area contributed by atoms with Crippen molar-refractivity contribution in [3.8, 4) is 0 Å². The van der Waals surface area contributed by atoms with Crippen molar-refractivity contribution < 1.29 is 12.6 Å². The summed E-state index contributed by atoms with van der Waals surface area (Å²) in [5.41, 5.74) is 0.971. The van der Waals surface area contributed by atoms with Crippen molar-refractivity contribution in [3.63, 3.8) is 0 Å². The Hall–Kier alpha value is -0.810. The second-order valence-electron chi connectivity index (χ2n) is 2.47. The predicted molar refractivity (Wildman–Crippen MR) is 45.3 cm³/mol. The number of aromatic amines is 1. The highest BCUT2D eigenvalue weighted by molar-refractivity contribution is 7.85. The van der Waals surface area contributed by atoms with Gasteiger partial charge in [-0.25, -0.2) is 0 Å². The third-order valence-electron chi connectivity index (χ3n) is 1.33. The zero-order valence-corrected chi connectivity index (χ0v) is 7.60. The van der Waals surface area contributed by atoms with Gasteiger partial charge in [-0.15, -0.1) is 0 Å². The lowest BCUT2D eigenvalue weighted by Crippen LogP contribution is -2.06. The molecule has 12 heavy (non-hydrogen) atoms. The Bertz CT molecular complexity index is 314. The number of hydrogen-bond donors (Lipinski definition) is 1. The van der Waals surface area contributed by atoms with E-state index in [2.05, 4.69) is 9.17 Å². The molecule has 0 unspecified atom stereocenters. The molecule has 0 fully saturated rings. The zero-order chi connectivity index (χ0) is 9.03. The molecule has 1 rings (SSSR count). The molecule has 0 aliphatic rings. The summed E-state index contributed by atoms with van der Waals surface area (Å²) in [4.78, 5) is 2.95. The predicted octanol–water partition coefficient (Wildman–Crippen LogP) is 0.533. The number of hydrogen-bond acceptors (Lipinski definition) is 3. The first-order valence-electron chi connectivity index (χ1n) is 3.54. The largest absolute Gasteiger partial charge is 0.365 e. The molecule has 0 aliphatic heterocycles. The Balaban J connectivity index is 2.29. The fraction of sp³-hybridized carbons (Fsp3) is 0.429. The van der Waals surface area contributed by atoms with Crippen LogP contribution in [0.1, 0.15) is 5.69 Å². The molecule has 0 atom stereocenters. The first kappa shape index (κ1) is 9.28. The SMILES string of the molecule is CS(=O)(=O)OCCc1ccc[nH]1. The summed E-state index contributed by atoms with van der Waals surface area (Å²) in [5, 5.41) is 0. The molecular formula is C7H11NO3S. The molecular weight excluding hydrogens is 178 g/mol. The van der Waals surface area contributed by atoms with Crippen molar-refractivity contribution in [3.05, 3.63) is 24.0 Å². The fourth-order valence-electron chi connectivity index (χ4n) is 0.826. The molecule has 0 bridgehead atoms. The van der Waals surface area contributed by atoms with Gasteiger partial charge in [0, 0.05) is 18.3 Å².